The number of nitrogens with zero attached hydrogens (tertiary/aromatic N) is 1. The van der Waals surface area contributed by atoms with Gasteiger partial charge in [-0.3, -0.25) is 0 Å². The van der Waals surface area contributed by atoms with Crippen molar-refractivity contribution in [2.24, 2.45) is 0 Å². The molecule has 1 N–H and O–H groups in total. The molecule has 23 heavy (non-hydrogen) atoms. The molecule has 2 rings (SSSR count). The molecule has 1 aromatic carbocycles. The van der Waals surface area contributed by atoms with Crippen LogP contribution in [-0.2, 0) is 0 Å². The first-order valence-corrected chi connectivity index (χ1v) is 6.31. The van der Waals surface area contributed by atoms with Gasteiger partial charge in [0.05, 0.1) is 0 Å². The predicted octanol–water partition coefficient (Wildman–Crippen LogP) is 4.41. The van der Waals surface area contributed by atoms with Crippen molar-refractivity contribution in [2.45, 2.75) is 19.6 Å². The normalized spacial score (nSPS) is 12.3. The lowest BCUT2D eigenvalue weighted by Crippen LogP contribution is -2.13. The van der Waals surface area contributed by atoms with E-state index in [4.69, 9.17) is 0 Å². The molecule has 1 aromatic heterocycles. The van der Waals surface area contributed by atoms with Gasteiger partial charge in [-0.1, -0.05) is 12.1 Å². The smallest absolute Gasteiger partial charge is 0.387 e. The van der Waals surface area contributed by atoms with Crippen molar-refractivity contribution in [2.75, 3.05) is 5.32 Å². The molecule has 0 saturated heterocycles. The molecular formula is C14H10F6N2O. The van der Waals surface area contributed by atoms with E-state index in [1.54, 1.807) is 0 Å². The Kier molecular flexibility index (Phi) is 4.97. The number of anilines is 1. The first-order chi connectivity index (χ1) is 10.8. The van der Waals surface area contributed by atoms with Crippen LogP contribution in [0.2, 0.25) is 0 Å². The third kappa shape index (κ3) is 3.85. The molecule has 0 aliphatic rings. The van der Waals surface area contributed by atoms with Crippen LogP contribution in [0.25, 0.3) is 0 Å². The molecule has 0 spiro atoms. The number of pyridine rings is 1. The molecule has 124 valence electrons. The van der Waals surface area contributed by atoms with Gasteiger partial charge >= 0.3 is 6.61 Å². The molecule has 3 nitrogen and oxygen atoms in total. The Morgan fingerprint density at radius 1 is 1.04 bits per heavy atom. The Morgan fingerprint density at radius 3 is 2.22 bits per heavy atom. The van der Waals surface area contributed by atoms with Crippen molar-refractivity contribution in [3.63, 3.8) is 0 Å². The predicted molar refractivity (Wildman–Crippen MR) is 69.2 cm³/mol. The van der Waals surface area contributed by atoms with Crippen molar-refractivity contribution in [1.82, 2.24) is 4.98 Å². The Hall–Kier alpha value is -2.45. The summed E-state index contributed by atoms with van der Waals surface area (Å²) >= 11 is 0. The monoisotopic (exact) mass is 336 g/mol. The standard InChI is InChI=1S/C14H10F6N2O/c1-6(7-3-2-4-8(5-7)23-14(19)20)21-11-9(15)12(17)22-13(18)10(11)16/h2-6,14H,1H3,(H,21,22). The molecule has 0 fully saturated rings. The summed E-state index contributed by atoms with van der Waals surface area (Å²) in [5, 5.41) is 2.24. The average molecular weight is 336 g/mol. The maximum Gasteiger partial charge on any atom is 0.387 e. The van der Waals surface area contributed by atoms with Crippen LogP contribution in [0.3, 0.4) is 0 Å². The van der Waals surface area contributed by atoms with E-state index in [2.05, 4.69) is 15.0 Å². The van der Waals surface area contributed by atoms with E-state index in [0.29, 0.717) is 5.56 Å². The second kappa shape index (κ2) is 6.76. The maximum atomic E-state index is 13.5. The third-order valence-corrected chi connectivity index (χ3v) is 2.94. The topological polar surface area (TPSA) is 34.2 Å². The van der Waals surface area contributed by atoms with E-state index in [0.717, 1.165) is 0 Å². The number of hydrogen-bond donors (Lipinski definition) is 1. The lowest BCUT2D eigenvalue weighted by Gasteiger charge is -2.17. The minimum Gasteiger partial charge on any atom is -0.435 e. The van der Waals surface area contributed by atoms with Crippen LogP contribution in [0.4, 0.5) is 32.0 Å². The van der Waals surface area contributed by atoms with Crippen LogP contribution in [0.15, 0.2) is 24.3 Å². The van der Waals surface area contributed by atoms with Crippen LogP contribution in [0.5, 0.6) is 5.75 Å². The van der Waals surface area contributed by atoms with Crippen LogP contribution in [0.1, 0.15) is 18.5 Å². The molecule has 0 amide bonds. The van der Waals surface area contributed by atoms with Crippen molar-refractivity contribution in [3.8, 4) is 5.75 Å². The maximum absolute atomic E-state index is 13.5. The first-order valence-electron chi connectivity index (χ1n) is 6.31. The molecular weight excluding hydrogens is 326 g/mol. The van der Waals surface area contributed by atoms with Gasteiger partial charge in [0, 0.05) is 6.04 Å². The largest absolute Gasteiger partial charge is 0.435 e. The van der Waals surface area contributed by atoms with Gasteiger partial charge in [-0.15, -0.1) is 0 Å². The fraction of sp³-hybridized carbons (Fsp3) is 0.214. The number of benzene rings is 1. The van der Waals surface area contributed by atoms with Gasteiger partial charge in [0.25, 0.3) is 11.9 Å². The van der Waals surface area contributed by atoms with Crippen molar-refractivity contribution in [1.29, 1.82) is 0 Å². The van der Waals surface area contributed by atoms with E-state index in [9.17, 15) is 26.3 Å². The molecule has 9 heteroatoms. The Labute approximate surface area is 126 Å². The highest BCUT2D eigenvalue weighted by molar-refractivity contribution is 5.48. The summed E-state index contributed by atoms with van der Waals surface area (Å²) in [6.07, 6.45) is 0. The van der Waals surface area contributed by atoms with Crippen molar-refractivity contribution < 1.29 is 31.1 Å². The Balaban J connectivity index is 2.28. The van der Waals surface area contributed by atoms with E-state index in [-0.39, 0.29) is 5.75 Å². The number of alkyl halides is 2. The lowest BCUT2D eigenvalue weighted by molar-refractivity contribution is -0.0498. The molecule has 1 unspecified atom stereocenters. The summed E-state index contributed by atoms with van der Waals surface area (Å²) < 4.78 is 81.7. The van der Waals surface area contributed by atoms with E-state index >= 15 is 0 Å². The number of aromatic nitrogens is 1. The molecule has 2 aromatic rings. The summed E-state index contributed by atoms with van der Waals surface area (Å²) in [6.45, 7) is -1.62. The van der Waals surface area contributed by atoms with Gasteiger partial charge in [-0.25, -0.2) is 0 Å². The Bertz CT molecular complexity index is 684. The molecule has 0 radical (unpaired) electrons. The van der Waals surface area contributed by atoms with Gasteiger partial charge < -0.3 is 10.1 Å². The quantitative estimate of drug-likeness (QED) is 0.649. The Morgan fingerprint density at radius 2 is 1.65 bits per heavy atom. The first kappa shape index (κ1) is 16.9. The number of halogens is 6. The van der Waals surface area contributed by atoms with Crippen molar-refractivity contribution >= 4 is 5.69 Å². The highest BCUT2D eigenvalue weighted by Crippen LogP contribution is 2.28. The summed E-state index contributed by atoms with van der Waals surface area (Å²) in [5.41, 5.74) is -0.734. The highest BCUT2D eigenvalue weighted by atomic mass is 19.3. The minimum atomic E-state index is -3.04. The van der Waals surface area contributed by atoms with Crippen LogP contribution in [0, 0.1) is 23.5 Å². The molecule has 0 aliphatic heterocycles. The zero-order valence-electron chi connectivity index (χ0n) is 11.6. The number of ether oxygens (including phenoxy) is 1. The SMILES string of the molecule is CC(Nc1c(F)c(F)nc(F)c1F)c1cccc(OC(F)F)c1. The average Bonchev–Trinajstić information content (AvgIpc) is 2.49. The summed E-state index contributed by atoms with van der Waals surface area (Å²) in [4.78, 5) is 2.43. The molecule has 0 aliphatic carbocycles. The van der Waals surface area contributed by atoms with Gasteiger partial charge in [0.2, 0.25) is 11.6 Å². The fourth-order valence-corrected chi connectivity index (χ4v) is 1.87. The lowest BCUT2D eigenvalue weighted by atomic mass is 10.1. The third-order valence-electron chi connectivity index (χ3n) is 2.94. The summed E-state index contributed by atoms with van der Waals surface area (Å²) in [7, 11) is 0. The summed E-state index contributed by atoms with van der Waals surface area (Å²) in [6, 6.07) is 4.44. The number of hydrogen-bond acceptors (Lipinski definition) is 3. The van der Waals surface area contributed by atoms with Gasteiger partial charge in [0.1, 0.15) is 11.4 Å². The highest BCUT2D eigenvalue weighted by Gasteiger charge is 2.22. The minimum absolute atomic E-state index is 0.167. The molecule has 1 atom stereocenters. The van der Waals surface area contributed by atoms with Crippen molar-refractivity contribution in [3.05, 3.63) is 53.4 Å². The van der Waals surface area contributed by atoms with E-state index in [1.807, 2.05) is 0 Å². The van der Waals surface area contributed by atoms with E-state index in [1.165, 1.54) is 31.2 Å². The second-order valence-corrected chi connectivity index (χ2v) is 4.51. The number of nitrogens with one attached hydrogen (secondary N) is 1. The van der Waals surface area contributed by atoms with Gasteiger partial charge in [-0.2, -0.15) is 31.3 Å². The van der Waals surface area contributed by atoms with Gasteiger partial charge in [-0.05, 0) is 24.6 Å². The van der Waals surface area contributed by atoms with Crippen LogP contribution >= 0.6 is 0 Å². The number of rotatable bonds is 5. The summed E-state index contributed by atoms with van der Waals surface area (Å²) in [5.74, 6) is -7.13. The fourth-order valence-electron chi connectivity index (χ4n) is 1.87. The van der Waals surface area contributed by atoms with E-state index < -0.39 is 41.9 Å². The van der Waals surface area contributed by atoms with Gasteiger partial charge in [0.15, 0.2) is 0 Å². The molecule has 0 bridgehead atoms. The zero-order valence-corrected chi connectivity index (χ0v) is 11.6. The van der Waals surface area contributed by atoms with Crippen LogP contribution in [-0.4, -0.2) is 11.6 Å². The second-order valence-electron chi connectivity index (χ2n) is 4.51. The molecule has 0 saturated carbocycles. The zero-order chi connectivity index (χ0) is 17.1. The van der Waals surface area contributed by atoms with Crippen LogP contribution < -0.4 is 10.1 Å². The molecule has 1 heterocycles.